The summed E-state index contributed by atoms with van der Waals surface area (Å²) in [5, 5.41) is 4.51. The molecule has 1 saturated heterocycles. The second-order valence-corrected chi connectivity index (χ2v) is 14.5. The predicted octanol–water partition coefficient (Wildman–Crippen LogP) is 5.60. The highest BCUT2D eigenvalue weighted by Gasteiger charge is 2.31. The van der Waals surface area contributed by atoms with Crippen LogP contribution in [0.5, 0.6) is 0 Å². The molecule has 5 aromatic rings. The van der Waals surface area contributed by atoms with Crippen molar-refractivity contribution in [3.63, 3.8) is 0 Å². The number of benzene rings is 2. The van der Waals surface area contributed by atoms with Crippen molar-refractivity contribution in [2.45, 2.75) is 38.2 Å². The maximum atomic E-state index is 12.7. The molecule has 1 unspecified atom stereocenters. The molecule has 3 aromatic heterocycles. The highest BCUT2D eigenvalue weighted by molar-refractivity contribution is 7.88. The molecular weight excluding hydrogens is 591 g/mol. The van der Waals surface area contributed by atoms with Crippen molar-refractivity contribution < 1.29 is 8.42 Å². The molecule has 2 N–H and O–H groups in total. The lowest BCUT2D eigenvalue weighted by atomic mass is 10.1. The van der Waals surface area contributed by atoms with Crippen LogP contribution in [-0.4, -0.2) is 61.5 Å². The SMILES string of the molecule is Cc1nc(NC(C)c2ccc(-c3ccccc3CN(C)C)s2)c2cc(N3CC(NS(=O)(=O)Cc4ccccc4)C3)ncc2n1. The van der Waals surface area contributed by atoms with Crippen molar-refractivity contribution in [2.24, 2.45) is 0 Å². The Morgan fingerprint density at radius 2 is 1.77 bits per heavy atom. The zero-order valence-corrected chi connectivity index (χ0v) is 27.0. The van der Waals surface area contributed by atoms with Gasteiger partial charge >= 0.3 is 0 Å². The minimum atomic E-state index is -3.44. The van der Waals surface area contributed by atoms with Crippen LogP contribution in [0.15, 0.2) is 79.0 Å². The lowest BCUT2D eigenvalue weighted by Crippen LogP contribution is -2.59. The molecule has 11 heteroatoms. The van der Waals surface area contributed by atoms with Crippen LogP contribution in [0.3, 0.4) is 0 Å². The third kappa shape index (κ3) is 6.91. The quantitative estimate of drug-likeness (QED) is 0.195. The third-order valence-electron chi connectivity index (χ3n) is 7.61. The van der Waals surface area contributed by atoms with Crippen molar-refractivity contribution in [3.8, 4) is 10.4 Å². The van der Waals surface area contributed by atoms with Crippen molar-refractivity contribution >= 4 is 43.9 Å². The first kappa shape index (κ1) is 30.1. The van der Waals surface area contributed by atoms with Gasteiger partial charge in [-0.2, -0.15) is 0 Å². The third-order valence-corrected chi connectivity index (χ3v) is 10.3. The average molecular weight is 628 g/mol. The number of hydrogen-bond acceptors (Lipinski definition) is 9. The Bertz CT molecular complexity index is 1870. The van der Waals surface area contributed by atoms with E-state index in [1.54, 1.807) is 17.5 Å². The number of rotatable bonds is 11. The number of aryl methyl sites for hydroxylation is 1. The Hall–Kier alpha value is -3.90. The number of fused-ring (bicyclic) bond motifs is 1. The van der Waals surface area contributed by atoms with Gasteiger partial charge in [0.25, 0.3) is 0 Å². The summed E-state index contributed by atoms with van der Waals surface area (Å²) in [6, 6.07) is 24.0. The van der Waals surface area contributed by atoms with Crippen LogP contribution in [0.1, 0.15) is 34.8 Å². The predicted molar refractivity (Wildman–Crippen MR) is 179 cm³/mol. The molecule has 0 radical (unpaired) electrons. The topological polar surface area (TPSA) is 103 Å². The fourth-order valence-corrected chi connectivity index (χ4v) is 7.94. The Labute approximate surface area is 263 Å². The monoisotopic (exact) mass is 627 g/mol. The van der Waals surface area contributed by atoms with E-state index in [9.17, 15) is 8.42 Å². The van der Waals surface area contributed by atoms with Gasteiger partial charge in [0, 0.05) is 34.8 Å². The van der Waals surface area contributed by atoms with Gasteiger partial charge in [-0.3, -0.25) is 0 Å². The van der Waals surface area contributed by atoms with Gasteiger partial charge in [0.2, 0.25) is 10.0 Å². The molecule has 228 valence electrons. The molecule has 6 rings (SSSR count). The number of hydrogen-bond donors (Lipinski definition) is 2. The summed E-state index contributed by atoms with van der Waals surface area (Å²) >= 11 is 1.79. The molecule has 1 atom stereocenters. The molecule has 9 nitrogen and oxygen atoms in total. The largest absolute Gasteiger partial charge is 0.362 e. The van der Waals surface area contributed by atoms with Crippen LogP contribution in [-0.2, 0) is 22.3 Å². The number of sulfonamides is 1. The van der Waals surface area contributed by atoms with Gasteiger partial charge in [-0.25, -0.2) is 28.1 Å². The Balaban J connectivity index is 1.16. The summed E-state index contributed by atoms with van der Waals surface area (Å²) < 4.78 is 28.2. The zero-order chi connectivity index (χ0) is 30.8. The van der Waals surface area contributed by atoms with E-state index in [4.69, 9.17) is 4.98 Å². The van der Waals surface area contributed by atoms with Crippen LogP contribution in [0.25, 0.3) is 21.3 Å². The normalized spacial score (nSPS) is 14.6. The van der Waals surface area contributed by atoms with E-state index in [-0.39, 0.29) is 17.8 Å². The fraction of sp³-hybridized carbons (Fsp3) is 0.303. The number of pyridine rings is 1. The van der Waals surface area contributed by atoms with Crippen molar-refractivity contribution in [1.82, 2.24) is 24.6 Å². The first-order valence-electron chi connectivity index (χ1n) is 14.7. The van der Waals surface area contributed by atoms with Crippen molar-refractivity contribution in [2.75, 3.05) is 37.4 Å². The molecule has 0 amide bonds. The zero-order valence-electron chi connectivity index (χ0n) is 25.4. The minimum Gasteiger partial charge on any atom is -0.362 e. The summed E-state index contributed by atoms with van der Waals surface area (Å²) in [5.41, 5.74) is 4.10. The highest BCUT2D eigenvalue weighted by atomic mass is 32.2. The Morgan fingerprint density at radius 1 is 1.02 bits per heavy atom. The van der Waals surface area contributed by atoms with Gasteiger partial charge in [-0.05, 0) is 62.8 Å². The molecule has 0 bridgehead atoms. The van der Waals surface area contributed by atoms with Gasteiger partial charge in [0.1, 0.15) is 17.5 Å². The van der Waals surface area contributed by atoms with E-state index in [0.717, 1.165) is 34.6 Å². The van der Waals surface area contributed by atoms with Crippen molar-refractivity contribution in [1.29, 1.82) is 0 Å². The number of anilines is 2. The number of thiophene rings is 1. The van der Waals surface area contributed by atoms with Gasteiger partial charge in [0.05, 0.1) is 29.6 Å². The molecule has 1 fully saturated rings. The van der Waals surface area contributed by atoms with Gasteiger partial charge in [-0.15, -0.1) is 11.3 Å². The maximum Gasteiger partial charge on any atom is 0.216 e. The summed E-state index contributed by atoms with van der Waals surface area (Å²) in [4.78, 5) is 20.7. The average Bonchev–Trinajstić information content (AvgIpc) is 3.45. The second kappa shape index (κ2) is 12.6. The molecule has 2 aromatic carbocycles. The van der Waals surface area contributed by atoms with E-state index in [2.05, 4.69) is 87.2 Å². The minimum absolute atomic E-state index is 0.0243. The molecular formula is C33H37N7O2S2. The standard InChI is InChI=1S/C33H37N7O2S2/c1-22(30-14-15-31(43-30)27-13-9-8-12-25(27)18-39(3)4)35-33-28-16-32(34-17-29(28)36-23(2)37-33)40-19-26(20-40)38-44(41,42)21-24-10-6-5-7-11-24/h5-17,22,26,38H,18-21H2,1-4H3,(H,35,36,37). The molecule has 0 saturated carbocycles. The molecule has 1 aliphatic heterocycles. The van der Waals surface area contributed by atoms with E-state index in [0.29, 0.717) is 18.9 Å². The summed E-state index contributed by atoms with van der Waals surface area (Å²) in [7, 11) is 0.741. The molecule has 0 spiro atoms. The smallest absolute Gasteiger partial charge is 0.216 e. The lowest BCUT2D eigenvalue weighted by Gasteiger charge is -2.40. The van der Waals surface area contributed by atoms with Gasteiger partial charge in [-0.1, -0.05) is 54.6 Å². The van der Waals surface area contributed by atoms with Crippen LogP contribution in [0.4, 0.5) is 11.6 Å². The number of nitrogens with one attached hydrogen (secondary N) is 2. The number of nitrogens with zero attached hydrogens (tertiary/aromatic N) is 5. The van der Waals surface area contributed by atoms with Crippen LogP contribution in [0, 0.1) is 6.92 Å². The van der Waals surface area contributed by atoms with E-state index >= 15 is 0 Å². The highest BCUT2D eigenvalue weighted by Crippen LogP contribution is 2.36. The van der Waals surface area contributed by atoms with Gasteiger partial charge < -0.3 is 15.1 Å². The first-order chi connectivity index (χ1) is 21.1. The molecule has 1 aliphatic rings. The van der Waals surface area contributed by atoms with E-state index < -0.39 is 10.0 Å². The van der Waals surface area contributed by atoms with Gasteiger partial charge in [0.15, 0.2) is 0 Å². The summed E-state index contributed by atoms with van der Waals surface area (Å²) in [5.74, 6) is 2.17. The molecule has 4 heterocycles. The van der Waals surface area contributed by atoms with Crippen molar-refractivity contribution in [3.05, 3.63) is 101 Å². The Morgan fingerprint density at radius 3 is 2.55 bits per heavy atom. The molecule has 44 heavy (non-hydrogen) atoms. The van der Waals surface area contributed by atoms with Crippen LogP contribution >= 0.6 is 11.3 Å². The maximum absolute atomic E-state index is 12.7. The van der Waals surface area contributed by atoms with Crippen LogP contribution in [0.2, 0.25) is 0 Å². The molecule has 0 aliphatic carbocycles. The second-order valence-electron chi connectivity index (χ2n) is 11.6. The summed E-state index contributed by atoms with van der Waals surface area (Å²) in [6.07, 6.45) is 1.77. The lowest BCUT2D eigenvalue weighted by molar-refractivity contribution is 0.403. The van der Waals surface area contributed by atoms with E-state index in [1.807, 2.05) is 43.3 Å². The van der Waals surface area contributed by atoms with E-state index in [1.165, 1.54) is 20.9 Å². The first-order valence-corrected chi connectivity index (χ1v) is 17.1. The van der Waals surface area contributed by atoms with Crippen LogP contribution < -0.4 is 14.9 Å². The summed E-state index contributed by atoms with van der Waals surface area (Å²) in [6.45, 7) is 6.01. The fourth-order valence-electron chi connectivity index (χ4n) is 5.50. The number of aromatic nitrogens is 3. The Kier molecular flexibility index (Phi) is 8.64.